The number of nitrogens with one attached hydrogen (secondary N) is 2. The van der Waals surface area contributed by atoms with Gasteiger partial charge in [0.1, 0.15) is 0 Å². The van der Waals surface area contributed by atoms with Crippen molar-refractivity contribution < 1.29 is 19.8 Å². The molecule has 0 aliphatic carbocycles. The highest BCUT2D eigenvalue weighted by atomic mass is 79.9. The molecule has 4 N–H and O–H groups in total. The second kappa shape index (κ2) is 6.03. The molecule has 19 heavy (non-hydrogen) atoms. The van der Waals surface area contributed by atoms with Gasteiger partial charge in [-0.15, -0.1) is 0 Å². The van der Waals surface area contributed by atoms with Gasteiger partial charge in [-0.3, -0.25) is 0 Å². The summed E-state index contributed by atoms with van der Waals surface area (Å²) in [6.45, 7) is 2.55. The molecule has 2 amide bonds. The third kappa shape index (κ3) is 4.22. The SMILES string of the molecule is Cc1c(Br)cccc1NC(=O)NCC(C)(O)C(=O)O. The molecule has 1 unspecified atom stereocenters. The van der Waals surface area contributed by atoms with Crippen LogP contribution in [0.15, 0.2) is 22.7 Å². The lowest BCUT2D eigenvalue weighted by Gasteiger charge is -2.18. The Morgan fingerprint density at radius 3 is 2.63 bits per heavy atom. The Morgan fingerprint density at radius 2 is 2.05 bits per heavy atom. The summed E-state index contributed by atoms with van der Waals surface area (Å²) in [6.07, 6.45) is 0. The number of amides is 2. The minimum Gasteiger partial charge on any atom is -0.479 e. The maximum Gasteiger partial charge on any atom is 0.337 e. The van der Waals surface area contributed by atoms with Gasteiger partial charge in [-0.1, -0.05) is 22.0 Å². The third-order valence-electron chi connectivity index (χ3n) is 2.57. The van der Waals surface area contributed by atoms with Gasteiger partial charge < -0.3 is 20.8 Å². The second-order valence-corrected chi connectivity index (χ2v) is 5.15. The fourth-order valence-electron chi connectivity index (χ4n) is 1.24. The molecule has 0 saturated heterocycles. The van der Waals surface area contributed by atoms with Crippen molar-refractivity contribution in [2.75, 3.05) is 11.9 Å². The average molecular weight is 331 g/mol. The van der Waals surface area contributed by atoms with E-state index in [9.17, 15) is 14.7 Å². The summed E-state index contributed by atoms with van der Waals surface area (Å²) in [5.41, 5.74) is -0.548. The van der Waals surface area contributed by atoms with Crippen LogP contribution in [0.5, 0.6) is 0 Å². The highest BCUT2D eigenvalue weighted by Crippen LogP contribution is 2.23. The number of urea groups is 1. The Bertz CT molecular complexity index is 503. The first-order valence-corrected chi connectivity index (χ1v) is 6.29. The van der Waals surface area contributed by atoms with Crippen molar-refractivity contribution in [3.8, 4) is 0 Å². The predicted octanol–water partition coefficient (Wildman–Crippen LogP) is 1.71. The van der Waals surface area contributed by atoms with Crippen LogP contribution in [-0.2, 0) is 4.79 Å². The number of benzene rings is 1. The van der Waals surface area contributed by atoms with E-state index in [1.54, 1.807) is 12.1 Å². The number of rotatable bonds is 4. The van der Waals surface area contributed by atoms with Crippen LogP contribution >= 0.6 is 15.9 Å². The Morgan fingerprint density at radius 1 is 1.42 bits per heavy atom. The molecule has 1 rings (SSSR count). The van der Waals surface area contributed by atoms with Gasteiger partial charge in [0.25, 0.3) is 0 Å². The maximum atomic E-state index is 11.6. The summed E-state index contributed by atoms with van der Waals surface area (Å²) >= 11 is 3.34. The monoisotopic (exact) mass is 330 g/mol. The Kier molecular flexibility index (Phi) is 4.90. The predicted molar refractivity (Wildman–Crippen MR) is 74.2 cm³/mol. The molecule has 0 bridgehead atoms. The standard InChI is InChI=1S/C12H15BrN2O4/c1-7-8(13)4-3-5-9(7)15-11(18)14-6-12(2,19)10(16)17/h3-5,19H,6H2,1-2H3,(H,16,17)(H2,14,15,18). The van der Waals surface area contributed by atoms with Gasteiger partial charge in [-0.05, 0) is 31.5 Å². The number of aliphatic carboxylic acids is 1. The lowest BCUT2D eigenvalue weighted by Crippen LogP contribution is -2.47. The van der Waals surface area contributed by atoms with E-state index in [2.05, 4.69) is 26.6 Å². The number of carbonyl (C=O) groups is 2. The lowest BCUT2D eigenvalue weighted by atomic mass is 10.1. The molecule has 0 spiro atoms. The van der Waals surface area contributed by atoms with Crippen LogP contribution in [0, 0.1) is 6.92 Å². The van der Waals surface area contributed by atoms with E-state index >= 15 is 0 Å². The van der Waals surface area contributed by atoms with Crippen molar-refractivity contribution in [2.24, 2.45) is 0 Å². The van der Waals surface area contributed by atoms with Gasteiger partial charge in [0.2, 0.25) is 0 Å². The van der Waals surface area contributed by atoms with E-state index in [-0.39, 0.29) is 6.54 Å². The molecule has 7 heteroatoms. The van der Waals surface area contributed by atoms with Gasteiger partial charge in [-0.2, -0.15) is 0 Å². The molecular formula is C12H15BrN2O4. The average Bonchev–Trinajstić information content (AvgIpc) is 2.32. The van der Waals surface area contributed by atoms with Crippen molar-refractivity contribution in [2.45, 2.75) is 19.4 Å². The van der Waals surface area contributed by atoms with Crippen molar-refractivity contribution in [1.82, 2.24) is 5.32 Å². The van der Waals surface area contributed by atoms with Crippen LogP contribution in [0.2, 0.25) is 0 Å². The largest absolute Gasteiger partial charge is 0.479 e. The molecule has 0 aromatic heterocycles. The van der Waals surface area contributed by atoms with Crippen molar-refractivity contribution in [3.05, 3.63) is 28.2 Å². The van der Waals surface area contributed by atoms with Crippen LogP contribution in [0.4, 0.5) is 10.5 Å². The van der Waals surface area contributed by atoms with E-state index in [0.29, 0.717) is 5.69 Å². The molecule has 104 valence electrons. The molecule has 1 aromatic carbocycles. The number of anilines is 1. The quantitative estimate of drug-likeness (QED) is 0.675. The highest BCUT2D eigenvalue weighted by Gasteiger charge is 2.30. The van der Waals surface area contributed by atoms with Gasteiger partial charge in [-0.25, -0.2) is 9.59 Å². The van der Waals surface area contributed by atoms with E-state index < -0.39 is 17.6 Å². The van der Waals surface area contributed by atoms with Crippen LogP contribution < -0.4 is 10.6 Å². The Labute approximate surface area is 118 Å². The van der Waals surface area contributed by atoms with Crippen LogP contribution in [0.1, 0.15) is 12.5 Å². The van der Waals surface area contributed by atoms with Gasteiger partial charge >= 0.3 is 12.0 Å². The summed E-state index contributed by atoms with van der Waals surface area (Å²) in [5, 5.41) is 23.0. The van der Waals surface area contributed by atoms with E-state index in [4.69, 9.17) is 5.11 Å². The minimum atomic E-state index is -2.00. The number of halogens is 1. The minimum absolute atomic E-state index is 0.388. The zero-order valence-corrected chi connectivity index (χ0v) is 12.1. The van der Waals surface area contributed by atoms with Crippen molar-refractivity contribution >= 4 is 33.6 Å². The highest BCUT2D eigenvalue weighted by molar-refractivity contribution is 9.10. The second-order valence-electron chi connectivity index (χ2n) is 4.30. The molecule has 6 nitrogen and oxygen atoms in total. The smallest absolute Gasteiger partial charge is 0.337 e. The molecule has 0 aliphatic rings. The zero-order valence-electron chi connectivity index (χ0n) is 10.5. The number of hydrogen-bond acceptors (Lipinski definition) is 3. The van der Waals surface area contributed by atoms with E-state index in [1.807, 2.05) is 13.0 Å². The van der Waals surface area contributed by atoms with Crippen LogP contribution in [0.3, 0.4) is 0 Å². The van der Waals surface area contributed by atoms with Gasteiger partial charge in [0, 0.05) is 10.2 Å². The molecule has 0 heterocycles. The number of hydrogen-bond donors (Lipinski definition) is 4. The molecule has 0 fully saturated rings. The topological polar surface area (TPSA) is 98.7 Å². The van der Waals surface area contributed by atoms with E-state index in [1.165, 1.54) is 0 Å². The van der Waals surface area contributed by atoms with Gasteiger partial charge in [0.05, 0.1) is 6.54 Å². The molecular weight excluding hydrogens is 316 g/mol. The number of carbonyl (C=O) groups excluding carboxylic acids is 1. The summed E-state index contributed by atoms with van der Waals surface area (Å²) in [6, 6.07) is 4.74. The molecule has 1 atom stereocenters. The number of carboxylic acid groups (broad SMARTS) is 1. The fourth-order valence-corrected chi connectivity index (χ4v) is 1.60. The molecule has 0 radical (unpaired) electrons. The first-order valence-electron chi connectivity index (χ1n) is 5.50. The third-order valence-corrected chi connectivity index (χ3v) is 3.43. The Balaban J connectivity index is 2.62. The first kappa shape index (κ1) is 15.5. The molecule has 1 aromatic rings. The van der Waals surface area contributed by atoms with Crippen LogP contribution in [-0.4, -0.2) is 34.4 Å². The summed E-state index contributed by atoms with van der Waals surface area (Å²) in [5.74, 6) is -1.40. The zero-order chi connectivity index (χ0) is 14.6. The van der Waals surface area contributed by atoms with Gasteiger partial charge in [0.15, 0.2) is 5.60 Å². The van der Waals surface area contributed by atoms with Crippen molar-refractivity contribution in [1.29, 1.82) is 0 Å². The lowest BCUT2D eigenvalue weighted by molar-refractivity contribution is -0.155. The molecule has 0 saturated carbocycles. The number of aliphatic hydroxyl groups is 1. The maximum absolute atomic E-state index is 11.6. The summed E-state index contributed by atoms with van der Waals surface area (Å²) in [7, 11) is 0. The van der Waals surface area contributed by atoms with Crippen molar-refractivity contribution in [3.63, 3.8) is 0 Å². The van der Waals surface area contributed by atoms with E-state index in [0.717, 1.165) is 17.0 Å². The summed E-state index contributed by atoms with van der Waals surface area (Å²) < 4.78 is 0.850. The van der Waals surface area contributed by atoms with Crippen LogP contribution in [0.25, 0.3) is 0 Å². The fraction of sp³-hybridized carbons (Fsp3) is 0.333. The normalized spacial score (nSPS) is 13.5. The number of carboxylic acids is 1. The molecule has 0 aliphatic heterocycles. The summed E-state index contributed by atoms with van der Waals surface area (Å²) in [4.78, 5) is 22.3. The first-order chi connectivity index (χ1) is 8.74. The Hall–Kier alpha value is -1.60.